The topological polar surface area (TPSA) is 73.8 Å². The minimum Gasteiger partial charge on any atom is -0.356 e. The fraction of sp³-hybridized carbons (Fsp3) is 0.381. The Morgan fingerprint density at radius 1 is 1.14 bits per heavy atom. The van der Waals surface area contributed by atoms with Gasteiger partial charge >= 0.3 is 0 Å². The van der Waals surface area contributed by atoms with Crippen molar-refractivity contribution in [3.8, 4) is 0 Å². The molecule has 0 heterocycles. The molecule has 2 N–H and O–H groups in total. The van der Waals surface area contributed by atoms with Crippen molar-refractivity contribution >= 4 is 16.0 Å². The Labute approximate surface area is 171 Å². The maximum atomic E-state index is 13.6. The molecule has 0 atom stereocenters. The normalized spacial score (nSPS) is 16.0. The second kappa shape index (κ2) is 8.51. The number of guanidine groups is 1. The number of halogens is 1. The van der Waals surface area contributed by atoms with E-state index in [1.807, 2.05) is 12.1 Å². The van der Waals surface area contributed by atoms with Crippen LogP contribution >= 0.6 is 0 Å². The van der Waals surface area contributed by atoms with Gasteiger partial charge in [0.05, 0.1) is 4.90 Å². The summed E-state index contributed by atoms with van der Waals surface area (Å²) in [5.41, 5.74) is 1.57. The van der Waals surface area contributed by atoms with Crippen molar-refractivity contribution in [3.63, 3.8) is 0 Å². The molecule has 1 saturated carbocycles. The fourth-order valence-electron chi connectivity index (χ4n) is 3.29. The molecule has 1 fully saturated rings. The van der Waals surface area contributed by atoms with Gasteiger partial charge in [-0.2, -0.15) is 0 Å². The zero-order valence-electron chi connectivity index (χ0n) is 16.9. The number of sulfonamides is 1. The molecular weight excluding hydrogens is 391 g/mol. The number of benzene rings is 2. The molecule has 2 aromatic carbocycles. The number of hydrogen-bond donors (Lipinski definition) is 2. The monoisotopic (exact) mass is 418 g/mol. The van der Waals surface area contributed by atoms with Crippen molar-refractivity contribution in [3.05, 3.63) is 65.5 Å². The van der Waals surface area contributed by atoms with Crippen LogP contribution in [0.5, 0.6) is 0 Å². The fourth-order valence-corrected chi connectivity index (χ4v) is 4.40. The predicted octanol–water partition coefficient (Wildman–Crippen LogP) is 2.47. The standard InChI is InChI=1S/C21H27FN4O2S/c1-23-20(25-15-21(11-12-21)17-8-6-9-18(22)13-17)24-14-16-7-4-5-10-19(16)29(27,28)26(2)3/h4-10,13H,11-12,14-15H2,1-3H3,(H2,23,24,25). The van der Waals surface area contributed by atoms with Gasteiger partial charge in [0.1, 0.15) is 5.82 Å². The van der Waals surface area contributed by atoms with Gasteiger partial charge in [0.2, 0.25) is 10.0 Å². The molecule has 0 saturated heterocycles. The summed E-state index contributed by atoms with van der Waals surface area (Å²) in [4.78, 5) is 4.50. The quantitative estimate of drug-likeness (QED) is 0.535. The highest BCUT2D eigenvalue weighted by Gasteiger charge is 2.44. The summed E-state index contributed by atoms with van der Waals surface area (Å²) >= 11 is 0. The van der Waals surface area contributed by atoms with Crippen LogP contribution in [0.15, 0.2) is 58.4 Å². The van der Waals surface area contributed by atoms with Gasteiger partial charge in [-0.15, -0.1) is 0 Å². The van der Waals surface area contributed by atoms with Crippen molar-refractivity contribution < 1.29 is 12.8 Å². The highest BCUT2D eigenvalue weighted by Crippen LogP contribution is 2.47. The number of nitrogens with zero attached hydrogens (tertiary/aromatic N) is 2. The van der Waals surface area contributed by atoms with Crippen molar-refractivity contribution in [2.45, 2.75) is 29.7 Å². The van der Waals surface area contributed by atoms with Crippen molar-refractivity contribution in [1.82, 2.24) is 14.9 Å². The molecule has 0 aliphatic heterocycles. The smallest absolute Gasteiger partial charge is 0.242 e. The van der Waals surface area contributed by atoms with Crippen LogP contribution < -0.4 is 10.6 Å². The number of hydrogen-bond acceptors (Lipinski definition) is 3. The van der Waals surface area contributed by atoms with Crippen LogP contribution in [0.25, 0.3) is 0 Å². The van der Waals surface area contributed by atoms with Crippen LogP contribution in [0, 0.1) is 5.82 Å². The summed E-state index contributed by atoms with van der Waals surface area (Å²) in [6, 6.07) is 13.6. The maximum Gasteiger partial charge on any atom is 0.242 e. The van der Waals surface area contributed by atoms with Crippen molar-refractivity contribution in [2.24, 2.45) is 4.99 Å². The van der Waals surface area contributed by atoms with E-state index in [1.165, 1.54) is 24.5 Å². The molecule has 0 spiro atoms. The molecule has 8 heteroatoms. The van der Waals surface area contributed by atoms with Crippen LogP contribution in [-0.2, 0) is 22.0 Å². The van der Waals surface area contributed by atoms with Crippen molar-refractivity contribution in [1.29, 1.82) is 0 Å². The van der Waals surface area contributed by atoms with E-state index in [0.717, 1.165) is 18.4 Å². The molecule has 0 radical (unpaired) electrons. The van der Waals surface area contributed by atoms with Crippen LogP contribution in [0.2, 0.25) is 0 Å². The van der Waals surface area contributed by atoms with E-state index in [9.17, 15) is 12.8 Å². The molecule has 0 bridgehead atoms. The molecule has 156 valence electrons. The first-order valence-electron chi connectivity index (χ1n) is 9.49. The Morgan fingerprint density at radius 3 is 2.48 bits per heavy atom. The molecule has 1 aliphatic carbocycles. The van der Waals surface area contributed by atoms with E-state index >= 15 is 0 Å². The molecule has 29 heavy (non-hydrogen) atoms. The molecule has 6 nitrogen and oxygen atoms in total. The predicted molar refractivity (Wildman–Crippen MR) is 113 cm³/mol. The molecule has 2 aromatic rings. The van der Waals surface area contributed by atoms with Gasteiger partial charge in [0, 0.05) is 39.6 Å². The SMILES string of the molecule is CN=C(NCc1ccccc1S(=O)(=O)N(C)C)NCC1(c2cccc(F)c2)CC1. The second-order valence-corrected chi connectivity index (χ2v) is 9.59. The van der Waals surface area contributed by atoms with Gasteiger partial charge in [-0.05, 0) is 42.2 Å². The lowest BCUT2D eigenvalue weighted by atomic mass is 9.96. The van der Waals surface area contributed by atoms with Gasteiger partial charge in [-0.25, -0.2) is 17.1 Å². The Morgan fingerprint density at radius 2 is 1.86 bits per heavy atom. The summed E-state index contributed by atoms with van der Waals surface area (Å²) < 4.78 is 39.9. The van der Waals surface area contributed by atoms with Gasteiger partial charge in [0.25, 0.3) is 0 Å². The minimum atomic E-state index is -3.53. The lowest BCUT2D eigenvalue weighted by Gasteiger charge is -2.20. The number of nitrogens with one attached hydrogen (secondary N) is 2. The van der Waals surface area contributed by atoms with Crippen LogP contribution in [0.3, 0.4) is 0 Å². The van der Waals surface area contributed by atoms with Crippen LogP contribution in [0.1, 0.15) is 24.0 Å². The molecule has 0 aromatic heterocycles. The average Bonchev–Trinajstić information content (AvgIpc) is 3.49. The number of rotatable bonds is 7. The first-order valence-corrected chi connectivity index (χ1v) is 10.9. The first kappa shape index (κ1) is 21.3. The Bertz CT molecular complexity index is 1000. The van der Waals surface area contributed by atoms with E-state index in [-0.39, 0.29) is 16.1 Å². The summed E-state index contributed by atoms with van der Waals surface area (Å²) in [5.74, 6) is 0.347. The Kier molecular flexibility index (Phi) is 6.24. The Balaban J connectivity index is 1.66. The van der Waals surface area contributed by atoms with Crippen LogP contribution in [-0.4, -0.2) is 46.4 Å². The Hall–Kier alpha value is -2.45. The maximum absolute atomic E-state index is 13.6. The van der Waals surface area contributed by atoms with E-state index < -0.39 is 10.0 Å². The summed E-state index contributed by atoms with van der Waals surface area (Å²) in [6.07, 6.45) is 1.98. The van der Waals surface area contributed by atoms with Crippen molar-refractivity contribution in [2.75, 3.05) is 27.7 Å². The van der Waals surface area contributed by atoms with E-state index in [1.54, 1.807) is 37.4 Å². The summed E-state index contributed by atoms with van der Waals surface area (Å²) in [6.45, 7) is 0.948. The van der Waals surface area contributed by atoms with Gasteiger partial charge in [-0.1, -0.05) is 30.3 Å². The third kappa shape index (κ3) is 4.76. The third-order valence-electron chi connectivity index (χ3n) is 5.29. The average molecular weight is 419 g/mol. The number of aliphatic imine (C=N–C) groups is 1. The molecule has 0 amide bonds. The molecular formula is C21H27FN4O2S. The molecule has 1 aliphatic rings. The van der Waals surface area contributed by atoms with E-state index in [2.05, 4.69) is 15.6 Å². The lowest BCUT2D eigenvalue weighted by molar-refractivity contribution is 0.519. The van der Waals surface area contributed by atoms with Gasteiger partial charge in [-0.3, -0.25) is 4.99 Å². The highest BCUT2D eigenvalue weighted by molar-refractivity contribution is 7.89. The zero-order valence-corrected chi connectivity index (χ0v) is 17.8. The van der Waals surface area contributed by atoms with Crippen LogP contribution in [0.4, 0.5) is 4.39 Å². The van der Waals surface area contributed by atoms with E-state index in [4.69, 9.17) is 0 Å². The lowest BCUT2D eigenvalue weighted by Crippen LogP contribution is -2.41. The first-order chi connectivity index (χ1) is 13.8. The highest BCUT2D eigenvalue weighted by atomic mass is 32.2. The van der Waals surface area contributed by atoms with Gasteiger partial charge < -0.3 is 10.6 Å². The van der Waals surface area contributed by atoms with E-state index in [0.29, 0.717) is 24.6 Å². The summed E-state index contributed by atoms with van der Waals surface area (Å²) in [7, 11) is 1.17. The summed E-state index contributed by atoms with van der Waals surface area (Å²) in [5, 5.41) is 6.48. The zero-order chi connectivity index (χ0) is 21.1. The third-order valence-corrected chi connectivity index (χ3v) is 7.20. The molecule has 3 rings (SSSR count). The second-order valence-electron chi connectivity index (χ2n) is 7.47. The minimum absolute atomic E-state index is 0.0775. The largest absolute Gasteiger partial charge is 0.356 e. The molecule has 0 unspecified atom stereocenters. The van der Waals surface area contributed by atoms with Gasteiger partial charge in [0.15, 0.2) is 5.96 Å².